The zero-order chi connectivity index (χ0) is 40.6. The number of hydrogen-bond acceptors (Lipinski definition) is 13. The molecule has 0 bridgehead atoms. The largest absolute Gasteiger partial charge is 0.444 e. The number of hydrogen-bond donors (Lipinski definition) is 3. The van der Waals surface area contributed by atoms with Gasteiger partial charge >= 0.3 is 0 Å². The number of carbonyl (C=O) groups is 5. The molecule has 1 saturated heterocycles. The molecule has 1 atom stereocenters. The molecule has 5 heterocycles. The molecule has 58 heavy (non-hydrogen) atoms. The topological polar surface area (TPSA) is 217 Å². The first-order valence-corrected chi connectivity index (χ1v) is 18.9. The second kappa shape index (κ2) is 18.1. The van der Waals surface area contributed by atoms with Crippen LogP contribution < -0.4 is 16.4 Å². The van der Waals surface area contributed by atoms with Crippen LogP contribution in [-0.2, 0) is 38.6 Å². The molecule has 0 aliphatic carbocycles. The molecule has 17 nitrogen and oxygen atoms in total. The van der Waals surface area contributed by atoms with Crippen LogP contribution in [0.1, 0.15) is 67.3 Å². The van der Waals surface area contributed by atoms with Gasteiger partial charge in [-0.3, -0.25) is 44.1 Å². The van der Waals surface area contributed by atoms with Crippen LogP contribution in [-0.4, -0.2) is 105 Å². The lowest BCUT2D eigenvalue weighted by atomic mass is 10.0. The maximum absolute atomic E-state index is 13.1. The molecule has 1 fully saturated rings. The molecule has 0 radical (unpaired) electrons. The molecule has 2 aromatic carbocycles. The lowest BCUT2D eigenvalue weighted by molar-refractivity contribution is -0.136. The highest BCUT2D eigenvalue weighted by Gasteiger charge is 2.44. The number of amides is 5. The number of nitrogens with zero attached hydrogens (tertiary/aromatic N) is 6. The highest BCUT2D eigenvalue weighted by molar-refractivity contribution is 6.23. The summed E-state index contributed by atoms with van der Waals surface area (Å²) in [5.74, 6) is -2.24. The fraction of sp³-hybridized carbons (Fsp3) is 0.317. The number of primary amides is 1. The Bertz CT molecular complexity index is 2290. The molecular formula is C41H43N9O8. The minimum absolute atomic E-state index is 0.0790. The molecule has 2 aliphatic rings. The molecule has 5 amide bonds. The molecule has 0 saturated carbocycles. The van der Waals surface area contributed by atoms with Crippen LogP contribution in [0.5, 0.6) is 0 Å². The van der Waals surface area contributed by atoms with Gasteiger partial charge in [0, 0.05) is 44.1 Å². The molecule has 3 aromatic heterocycles. The van der Waals surface area contributed by atoms with Crippen molar-refractivity contribution in [1.82, 2.24) is 34.9 Å². The van der Waals surface area contributed by atoms with E-state index in [0.29, 0.717) is 76.2 Å². The predicted molar refractivity (Wildman–Crippen MR) is 209 cm³/mol. The van der Waals surface area contributed by atoms with E-state index in [1.807, 2.05) is 37.4 Å². The summed E-state index contributed by atoms with van der Waals surface area (Å²) in [5.41, 5.74) is 11.0. The summed E-state index contributed by atoms with van der Waals surface area (Å²) in [6.07, 6.45) is 8.16. The summed E-state index contributed by atoms with van der Waals surface area (Å²) in [7, 11) is 2.02. The molecule has 7 rings (SSSR count). The monoisotopic (exact) mass is 789 g/mol. The molecule has 4 N–H and O–H groups in total. The number of imide groups is 2. The fourth-order valence-corrected chi connectivity index (χ4v) is 6.76. The number of carbonyl (C=O) groups excluding carboxylic acids is 5. The van der Waals surface area contributed by atoms with Crippen molar-refractivity contribution in [2.75, 3.05) is 45.3 Å². The molecule has 1 unspecified atom stereocenters. The van der Waals surface area contributed by atoms with E-state index in [2.05, 4.69) is 30.6 Å². The SMILES string of the molecule is CN(CCOCCOCCCc1ccc2c(c1)C(=O)N(C1CCC(=O)NC1=O)C2=O)Cc1ccc(-n2cc(NCc3coc(-c4ccncc4)n3)c(C(N)=O)n2)cc1. The van der Waals surface area contributed by atoms with E-state index in [1.165, 1.54) is 0 Å². The predicted octanol–water partition coefficient (Wildman–Crippen LogP) is 3.13. The van der Waals surface area contributed by atoms with Gasteiger partial charge in [0.1, 0.15) is 12.3 Å². The third-order valence-corrected chi connectivity index (χ3v) is 9.79. The van der Waals surface area contributed by atoms with Crippen LogP contribution in [0.2, 0.25) is 0 Å². The van der Waals surface area contributed by atoms with Crippen LogP contribution in [0.15, 0.2) is 83.9 Å². The van der Waals surface area contributed by atoms with E-state index < -0.39 is 35.6 Å². The zero-order valence-corrected chi connectivity index (χ0v) is 31.9. The van der Waals surface area contributed by atoms with Gasteiger partial charge in [0.2, 0.25) is 17.7 Å². The summed E-state index contributed by atoms with van der Waals surface area (Å²) in [6.45, 7) is 3.65. The Kier molecular flexibility index (Phi) is 12.4. The van der Waals surface area contributed by atoms with Gasteiger partial charge in [-0.2, -0.15) is 5.10 Å². The van der Waals surface area contributed by atoms with E-state index in [9.17, 15) is 24.0 Å². The Morgan fingerprint density at radius 3 is 2.47 bits per heavy atom. The summed E-state index contributed by atoms with van der Waals surface area (Å²) in [5, 5.41) is 9.82. The first-order valence-electron chi connectivity index (χ1n) is 18.9. The minimum Gasteiger partial charge on any atom is -0.444 e. The van der Waals surface area contributed by atoms with Crippen molar-refractivity contribution < 1.29 is 37.9 Å². The fourth-order valence-electron chi connectivity index (χ4n) is 6.76. The van der Waals surface area contributed by atoms with Gasteiger partial charge < -0.3 is 24.9 Å². The number of nitrogens with one attached hydrogen (secondary N) is 2. The quantitative estimate of drug-likeness (QED) is 0.0811. The van der Waals surface area contributed by atoms with Crippen molar-refractivity contribution in [3.8, 4) is 17.1 Å². The molecule has 2 aliphatic heterocycles. The third kappa shape index (κ3) is 9.34. The third-order valence-electron chi connectivity index (χ3n) is 9.79. The highest BCUT2D eigenvalue weighted by Crippen LogP contribution is 2.29. The normalized spacial score (nSPS) is 15.3. The Morgan fingerprint density at radius 1 is 0.966 bits per heavy atom. The molecule has 300 valence electrons. The summed E-state index contributed by atoms with van der Waals surface area (Å²) >= 11 is 0. The van der Waals surface area contributed by atoms with E-state index in [-0.39, 0.29) is 29.7 Å². The number of benzene rings is 2. The molecule has 5 aromatic rings. The first kappa shape index (κ1) is 39.7. The number of aryl methyl sites for hydroxylation is 1. The van der Waals surface area contributed by atoms with E-state index in [4.69, 9.17) is 19.6 Å². The number of likely N-dealkylation sites (N-methyl/N-ethyl adjacent to an activating group) is 1. The lowest BCUT2D eigenvalue weighted by Crippen LogP contribution is -2.54. The van der Waals surface area contributed by atoms with Gasteiger partial charge in [0.15, 0.2) is 5.69 Å². The molecule has 17 heteroatoms. The first-order chi connectivity index (χ1) is 28.1. The van der Waals surface area contributed by atoms with Gasteiger partial charge in [-0.1, -0.05) is 18.2 Å². The Morgan fingerprint density at radius 2 is 1.71 bits per heavy atom. The number of oxazole rings is 1. The zero-order valence-electron chi connectivity index (χ0n) is 31.9. The second-order valence-electron chi connectivity index (χ2n) is 14.0. The molecule has 0 spiro atoms. The van der Waals surface area contributed by atoms with Crippen molar-refractivity contribution in [2.45, 2.75) is 44.8 Å². The summed E-state index contributed by atoms with van der Waals surface area (Å²) in [6, 6.07) is 15.6. The highest BCUT2D eigenvalue weighted by atomic mass is 16.5. The van der Waals surface area contributed by atoms with Crippen molar-refractivity contribution in [3.05, 3.63) is 113 Å². The van der Waals surface area contributed by atoms with Gasteiger partial charge in [0.05, 0.1) is 60.8 Å². The summed E-state index contributed by atoms with van der Waals surface area (Å²) < 4.78 is 18.7. The lowest BCUT2D eigenvalue weighted by Gasteiger charge is -2.27. The van der Waals surface area contributed by atoms with Gasteiger partial charge in [0.25, 0.3) is 17.7 Å². The number of fused-ring (bicyclic) bond motifs is 1. The average Bonchev–Trinajstić information content (AvgIpc) is 3.94. The number of rotatable bonds is 19. The van der Waals surface area contributed by atoms with Crippen LogP contribution in [0.25, 0.3) is 17.1 Å². The number of aromatic nitrogens is 4. The Balaban J connectivity index is 0.784. The maximum atomic E-state index is 13.1. The molecular weight excluding hydrogens is 747 g/mol. The van der Waals surface area contributed by atoms with Gasteiger partial charge in [-0.25, -0.2) is 9.67 Å². The second-order valence-corrected chi connectivity index (χ2v) is 14.0. The van der Waals surface area contributed by atoms with Crippen LogP contribution >= 0.6 is 0 Å². The van der Waals surface area contributed by atoms with Crippen molar-refractivity contribution in [2.24, 2.45) is 5.73 Å². The van der Waals surface area contributed by atoms with E-state index in [0.717, 1.165) is 27.3 Å². The van der Waals surface area contributed by atoms with Crippen LogP contribution in [0, 0.1) is 0 Å². The number of ether oxygens (including phenoxy) is 2. The standard InChI is InChI=1S/C41H43N9O8/c1-48(16-18-57-20-19-56-17-2-3-26-6-9-31-32(21-26)41(55)50(40(31)54)34-10-11-35(51)46-38(34)53)23-27-4-7-30(8-5-27)49-24-33(36(47-49)37(42)52)44-22-29-25-58-39(45-29)28-12-14-43-15-13-28/h4-9,12-15,21,24-25,34,44H,2-3,10-11,16-20,22-23H2,1H3,(H2,42,52)(H,46,51,53). The number of anilines is 1. The van der Waals surface area contributed by atoms with Crippen molar-refractivity contribution >= 4 is 35.2 Å². The number of nitrogens with two attached hydrogens (primary N) is 1. The van der Waals surface area contributed by atoms with Crippen molar-refractivity contribution in [3.63, 3.8) is 0 Å². The smallest absolute Gasteiger partial charge is 0.271 e. The number of pyridine rings is 1. The number of piperidine rings is 1. The van der Waals surface area contributed by atoms with Gasteiger partial charge in [-0.05, 0) is 73.8 Å². The van der Waals surface area contributed by atoms with Crippen LogP contribution in [0.3, 0.4) is 0 Å². The Labute approximate surface area is 333 Å². The Hall–Kier alpha value is -6.56. The minimum atomic E-state index is -0.983. The van der Waals surface area contributed by atoms with E-state index >= 15 is 0 Å². The van der Waals surface area contributed by atoms with Gasteiger partial charge in [-0.15, -0.1) is 0 Å². The average molecular weight is 790 g/mol. The summed E-state index contributed by atoms with van der Waals surface area (Å²) in [4.78, 5) is 73.6. The van der Waals surface area contributed by atoms with Crippen LogP contribution in [0.4, 0.5) is 5.69 Å². The van der Waals surface area contributed by atoms with Crippen molar-refractivity contribution in [1.29, 1.82) is 0 Å². The maximum Gasteiger partial charge on any atom is 0.271 e. The van der Waals surface area contributed by atoms with E-state index in [1.54, 1.807) is 53.8 Å².